The third kappa shape index (κ3) is 6.65. The van der Waals surface area contributed by atoms with Gasteiger partial charge in [0.05, 0.1) is 5.02 Å². The summed E-state index contributed by atoms with van der Waals surface area (Å²) < 4.78 is 5.74. The van der Waals surface area contributed by atoms with Crippen LogP contribution in [0.15, 0.2) is 42.6 Å². The molecule has 2 rings (SSSR count). The molecule has 1 heterocycles. The molecular formula is C20H26ClN3O2. The number of ether oxygens (including phenoxy) is 1. The number of likely N-dealkylation sites (N-methyl/N-ethyl adjacent to an activating group) is 1. The number of halogens is 1. The van der Waals surface area contributed by atoms with E-state index in [0.29, 0.717) is 35.9 Å². The Morgan fingerprint density at radius 3 is 2.69 bits per heavy atom. The lowest BCUT2D eigenvalue weighted by molar-refractivity contribution is -0.116. The number of hydrogen-bond donors (Lipinski definition) is 1. The van der Waals surface area contributed by atoms with Crippen LogP contribution in [0.2, 0.25) is 5.02 Å². The maximum Gasteiger partial charge on any atom is 0.224 e. The van der Waals surface area contributed by atoms with Crippen LogP contribution in [0, 0.1) is 0 Å². The summed E-state index contributed by atoms with van der Waals surface area (Å²) in [6.45, 7) is 7.68. The Hall–Kier alpha value is -2.11. The van der Waals surface area contributed by atoms with E-state index in [4.69, 9.17) is 16.3 Å². The van der Waals surface area contributed by atoms with Crippen LogP contribution in [-0.2, 0) is 11.2 Å². The van der Waals surface area contributed by atoms with Crippen LogP contribution in [0.5, 0.6) is 5.75 Å². The molecule has 0 bridgehead atoms. The van der Waals surface area contributed by atoms with E-state index in [-0.39, 0.29) is 5.91 Å². The molecule has 1 amide bonds. The van der Waals surface area contributed by atoms with E-state index >= 15 is 0 Å². The number of nitrogens with one attached hydrogen (secondary N) is 1. The fraction of sp³-hybridized carbons (Fsp3) is 0.400. The highest BCUT2D eigenvalue weighted by atomic mass is 35.5. The number of hydrogen-bond acceptors (Lipinski definition) is 4. The second-order valence-corrected chi connectivity index (χ2v) is 6.30. The molecule has 0 aliphatic rings. The van der Waals surface area contributed by atoms with Crippen molar-refractivity contribution < 1.29 is 9.53 Å². The van der Waals surface area contributed by atoms with Crippen molar-refractivity contribution in [2.24, 2.45) is 0 Å². The van der Waals surface area contributed by atoms with Gasteiger partial charge in [0.2, 0.25) is 5.91 Å². The SMILES string of the molecule is CCN(CC)CCOc1ccc(NC(=O)CCc2ccccn2)cc1Cl. The average molecular weight is 376 g/mol. The smallest absolute Gasteiger partial charge is 0.224 e. The molecular weight excluding hydrogens is 350 g/mol. The summed E-state index contributed by atoms with van der Waals surface area (Å²) in [5.41, 5.74) is 1.56. The quantitative estimate of drug-likeness (QED) is 0.681. The Kier molecular flexibility index (Phi) is 8.38. The number of anilines is 1. The first-order valence-corrected chi connectivity index (χ1v) is 9.34. The number of amides is 1. The minimum atomic E-state index is -0.0677. The Morgan fingerprint density at radius 1 is 1.23 bits per heavy atom. The maximum absolute atomic E-state index is 12.1. The van der Waals surface area contributed by atoms with E-state index in [1.54, 1.807) is 24.4 Å². The van der Waals surface area contributed by atoms with Crippen LogP contribution in [0.25, 0.3) is 0 Å². The molecule has 0 aliphatic carbocycles. The average Bonchev–Trinajstić information content (AvgIpc) is 2.66. The fourth-order valence-electron chi connectivity index (χ4n) is 2.53. The summed E-state index contributed by atoms with van der Waals surface area (Å²) in [6.07, 6.45) is 2.70. The van der Waals surface area contributed by atoms with Gasteiger partial charge in [-0.3, -0.25) is 9.78 Å². The Morgan fingerprint density at radius 2 is 2.04 bits per heavy atom. The molecule has 1 aromatic heterocycles. The van der Waals surface area contributed by atoms with Gasteiger partial charge in [-0.05, 0) is 49.8 Å². The molecule has 0 spiro atoms. The maximum atomic E-state index is 12.1. The standard InChI is InChI=1S/C20H26ClN3O2/c1-3-24(4-2)13-14-26-19-10-8-17(15-18(19)21)23-20(25)11-9-16-7-5-6-12-22-16/h5-8,10,12,15H,3-4,9,11,13-14H2,1-2H3,(H,23,25). The highest BCUT2D eigenvalue weighted by Crippen LogP contribution is 2.27. The zero-order valence-electron chi connectivity index (χ0n) is 15.4. The summed E-state index contributed by atoms with van der Waals surface area (Å²) in [5.74, 6) is 0.562. The van der Waals surface area contributed by atoms with Gasteiger partial charge in [-0.25, -0.2) is 0 Å². The molecule has 26 heavy (non-hydrogen) atoms. The number of rotatable bonds is 10. The van der Waals surface area contributed by atoms with Crippen LogP contribution >= 0.6 is 11.6 Å². The second-order valence-electron chi connectivity index (χ2n) is 5.89. The number of carbonyl (C=O) groups excluding carboxylic acids is 1. The van der Waals surface area contributed by atoms with Gasteiger partial charge >= 0.3 is 0 Å². The van der Waals surface area contributed by atoms with E-state index in [2.05, 4.69) is 29.0 Å². The van der Waals surface area contributed by atoms with Gasteiger partial charge in [-0.2, -0.15) is 0 Å². The third-order valence-corrected chi connectivity index (χ3v) is 4.40. The lowest BCUT2D eigenvalue weighted by Crippen LogP contribution is -2.27. The van der Waals surface area contributed by atoms with Crippen molar-refractivity contribution in [1.82, 2.24) is 9.88 Å². The molecule has 1 N–H and O–H groups in total. The minimum absolute atomic E-state index is 0.0677. The van der Waals surface area contributed by atoms with Gasteiger partial charge in [0, 0.05) is 30.5 Å². The lowest BCUT2D eigenvalue weighted by atomic mass is 10.2. The number of nitrogens with zero attached hydrogens (tertiary/aromatic N) is 2. The Balaban J connectivity index is 1.81. The summed E-state index contributed by atoms with van der Waals surface area (Å²) in [7, 11) is 0. The molecule has 0 radical (unpaired) electrons. The summed E-state index contributed by atoms with van der Waals surface area (Å²) in [5, 5.41) is 3.35. The molecule has 140 valence electrons. The van der Waals surface area contributed by atoms with Crippen molar-refractivity contribution >= 4 is 23.2 Å². The van der Waals surface area contributed by atoms with Crippen molar-refractivity contribution in [3.63, 3.8) is 0 Å². The first-order valence-electron chi connectivity index (χ1n) is 8.96. The van der Waals surface area contributed by atoms with E-state index in [9.17, 15) is 4.79 Å². The van der Waals surface area contributed by atoms with E-state index in [1.807, 2.05) is 18.2 Å². The monoisotopic (exact) mass is 375 g/mol. The fourth-order valence-corrected chi connectivity index (χ4v) is 2.77. The van der Waals surface area contributed by atoms with Crippen LogP contribution in [0.1, 0.15) is 26.0 Å². The molecule has 0 saturated carbocycles. The normalized spacial score (nSPS) is 10.8. The highest BCUT2D eigenvalue weighted by molar-refractivity contribution is 6.32. The summed E-state index contributed by atoms with van der Waals surface area (Å²) in [6, 6.07) is 11.0. The number of carbonyl (C=O) groups is 1. The van der Waals surface area contributed by atoms with Crippen molar-refractivity contribution in [1.29, 1.82) is 0 Å². The molecule has 1 aromatic carbocycles. The van der Waals surface area contributed by atoms with Crippen molar-refractivity contribution in [3.8, 4) is 5.75 Å². The Labute approximate surface area is 160 Å². The van der Waals surface area contributed by atoms with Gasteiger partial charge in [-0.15, -0.1) is 0 Å². The van der Waals surface area contributed by atoms with E-state index in [1.165, 1.54) is 0 Å². The molecule has 0 saturated heterocycles. The third-order valence-electron chi connectivity index (χ3n) is 4.11. The van der Waals surface area contributed by atoms with Crippen LogP contribution in [0.4, 0.5) is 5.69 Å². The number of aromatic nitrogens is 1. The van der Waals surface area contributed by atoms with Gasteiger partial charge in [0.25, 0.3) is 0 Å². The van der Waals surface area contributed by atoms with E-state index in [0.717, 1.165) is 25.3 Å². The predicted octanol–water partition coefficient (Wildman–Crippen LogP) is 4.03. The van der Waals surface area contributed by atoms with Gasteiger partial charge < -0.3 is 15.0 Å². The van der Waals surface area contributed by atoms with Crippen molar-refractivity contribution in [2.45, 2.75) is 26.7 Å². The molecule has 0 atom stereocenters. The molecule has 5 nitrogen and oxygen atoms in total. The largest absolute Gasteiger partial charge is 0.491 e. The molecule has 6 heteroatoms. The zero-order valence-corrected chi connectivity index (χ0v) is 16.1. The van der Waals surface area contributed by atoms with Gasteiger partial charge in [-0.1, -0.05) is 31.5 Å². The summed E-state index contributed by atoms with van der Waals surface area (Å²) in [4.78, 5) is 18.6. The first-order chi connectivity index (χ1) is 12.6. The molecule has 0 fully saturated rings. The zero-order chi connectivity index (χ0) is 18.8. The predicted molar refractivity (Wildman–Crippen MR) is 106 cm³/mol. The van der Waals surface area contributed by atoms with E-state index < -0.39 is 0 Å². The van der Waals surface area contributed by atoms with Crippen LogP contribution in [0.3, 0.4) is 0 Å². The Bertz CT molecular complexity index is 691. The minimum Gasteiger partial charge on any atom is -0.491 e. The number of pyridine rings is 1. The topological polar surface area (TPSA) is 54.5 Å². The molecule has 0 unspecified atom stereocenters. The molecule has 0 aliphatic heterocycles. The van der Waals surface area contributed by atoms with Crippen molar-refractivity contribution in [3.05, 3.63) is 53.3 Å². The highest BCUT2D eigenvalue weighted by Gasteiger charge is 2.08. The lowest BCUT2D eigenvalue weighted by Gasteiger charge is -2.18. The van der Waals surface area contributed by atoms with Crippen LogP contribution in [-0.4, -0.2) is 42.0 Å². The number of aryl methyl sites for hydroxylation is 1. The second kappa shape index (κ2) is 10.8. The van der Waals surface area contributed by atoms with Crippen molar-refractivity contribution in [2.75, 3.05) is 31.6 Å². The van der Waals surface area contributed by atoms with Gasteiger partial charge in [0.1, 0.15) is 12.4 Å². The summed E-state index contributed by atoms with van der Waals surface area (Å²) >= 11 is 6.27. The molecule has 2 aromatic rings. The number of benzene rings is 1. The first kappa shape index (κ1) is 20.2. The van der Waals surface area contributed by atoms with Gasteiger partial charge in [0.15, 0.2) is 0 Å². The van der Waals surface area contributed by atoms with Crippen LogP contribution < -0.4 is 10.1 Å².